The highest BCUT2D eigenvalue weighted by molar-refractivity contribution is 5.63. The fraction of sp³-hybridized carbons (Fsp3) is 0.222. The van der Waals surface area contributed by atoms with Gasteiger partial charge in [0.15, 0.2) is 0 Å². The topological polar surface area (TPSA) is 84.8 Å². The van der Waals surface area contributed by atoms with Crippen LogP contribution < -0.4 is 4.90 Å². The molecule has 118 valence electrons. The third kappa shape index (κ3) is 3.40. The van der Waals surface area contributed by atoms with E-state index in [0.29, 0.717) is 22.5 Å². The molecule has 0 saturated carbocycles. The Bertz CT molecular complexity index is 792. The van der Waals surface area contributed by atoms with Gasteiger partial charge < -0.3 is 9.64 Å². The number of benzene rings is 2. The molecule has 0 N–H and O–H groups in total. The Morgan fingerprint density at radius 2 is 1.50 bits per heavy atom. The van der Waals surface area contributed by atoms with Gasteiger partial charge in [0.1, 0.15) is 17.8 Å². The lowest BCUT2D eigenvalue weighted by atomic mass is 10.1. The maximum Gasteiger partial charge on any atom is 0.121 e. The summed E-state index contributed by atoms with van der Waals surface area (Å²) in [4.78, 5) is 2.25. The van der Waals surface area contributed by atoms with Crippen LogP contribution in [0.1, 0.15) is 11.1 Å². The largest absolute Gasteiger partial charge is 0.378 e. The van der Waals surface area contributed by atoms with Gasteiger partial charge in [-0.15, -0.1) is 5.11 Å². The molecule has 0 bridgehead atoms. The molecule has 0 atom stereocenters. The summed E-state index contributed by atoms with van der Waals surface area (Å²) in [6, 6.07) is 16.7. The fourth-order valence-corrected chi connectivity index (χ4v) is 2.49. The van der Waals surface area contributed by atoms with Crippen molar-refractivity contribution >= 4 is 17.1 Å². The molecule has 24 heavy (non-hydrogen) atoms. The maximum absolute atomic E-state index is 9.14. The van der Waals surface area contributed by atoms with E-state index >= 15 is 0 Å². The zero-order valence-corrected chi connectivity index (χ0v) is 13.0. The number of ether oxygens (including phenoxy) is 1. The molecule has 2 aromatic rings. The Morgan fingerprint density at radius 1 is 0.875 bits per heavy atom. The highest BCUT2D eigenvalue weighted by Crippen LogP contribution is 2.27. The Hall–Kier alpha value is -3.22. The summed E-state index contributed by atoms with van der Waals surface area (Å²) in [5, 5.41) is 26.5. The summed E-state index contributed by atoms with van der Waals surface area (Å²) in [6.45, 7) is 3.23. The van der Waals surface area contributed by atoms with Gasteiger partial charge in [-0.2, -0.15) is 15.6 Å². The van der Waals surface area contributed by atoms with Gasteiger partial charge in [-0.05, 0) is 36.4 Å². The summed E-state index contributed by atoms with van der Waals surface area (Å²) >= 11 is 0. The van der Waals surface area contributed by atoms with Crippen LogP contribution in [0, 0.1) is 22.7 Å². The number of nitrogens with zero attached hydrogens (tertiary/aromatic N) is 5. The van der Waals surface area contributed by atoms with Crippen LogP contribution in [0.4, 0.5) is 17.1 Å². The molecule has 0 aromatic heterocycles. The smallest absolute Gasteiger partial charge is 0.121 e. The second-order valence-corrected chi connectivity index (χ2v) is 5.24. The standard InChI is InChI=1S/C18H15N5O/c19-12-14-2-1-3-15(13-20)18(14)22-21-16-4-6-17(7-5-16)23-8-10-24-11-9-23/h1-7H,8-11H2/b22-21+. The third-order valence-corrected chi connectivity index (χ3v) is 3.77. The molecule has 6 heteroatoms. The minimum absolute atomic E-state index is 0.305. The lowest BCUT2D eigenvalue weighted by molar-refractivity contribution is 0.122. The molecule has 1 fully saturated rings. The van der Waals surface area contributed by atoms with Crippen LogP contribution in [0.5, 0.6) is 0 Å². The Balaban J connectivity index is 1.81. The molecule has 3 rings (SSSR count). The summed E-state index contributed by atoms with van der Waals surface area (Å²) in [5.74, 6) is 0. The first kappa shape index (κ1) is 15.7. The first-order chi connectivity index (χ1) is 11.8. The monoisotopic (exact) mass is 317 g/mol. The molecular weight excluding hydrogens is 302 g/mol. The van der Waals surface area contributed by atoms with E-state index in [9.17, 15) is 0 Å². The maximum atomic E-state index is 9.14. The van der Waals surface area contributed by atoms with Crippen LogP contribution >= 0.6 is 0 Å². The van der Waals surface area contributed by atoms with Gasteiger partial charge in [-0.3, -0.25) is 0 Å². The van der Waals surface area contributed by atoms with E-state index in [1.165, 1.54) is 0 Å². The van der Waals surface area contributed by atoms with Gasteiger partial charge in [-0.25, -0.2) is 0 Å². The Morgan fingerprint density at radius 3 is 2.08 bits per heavy atom. The molecule has 1 aliphatic heterocycles. The number of morpholine rings is 1. The predicted octanol–water partition coefficient (Wildman–Crippen LogP) is 3.68. The third-order valence-electron chi connectivity index (χ3n) is 3.77. The van der Waals surface area contributed by atoms with Gasteiger partial charge in [0.05, 0.1) is 30.0 Å². The van der Waals surface area contributed by atoms with E-state index in [1.807, 2.05) is 36.4 Å². The number of azo groups is 1. The van der Waals surface area contributed by atoms with Crippen molar-refractivity contribution in [1.29, 1.82) is 10.5 Å². The second-order valence-electron chi connectivity index (χ2n) is 5.24. The molecule has 0 amide bonds. The van der Waals surface area contributed by atoms with Crippen LogP contribution in [0.15, 0.2) is 52.7 Å². The molecule has 6 nitrogen and oxygen atoms in total. The molecule has 1 aliphatic rings. The van der Waals surface area contributed by atoms with Gasteiger partial charge in [0.2, 0.25) is 0 Å². The van der Waals surface area contributed by atoms with Crippen molar-refractivity contribution in [3.05, 3.63) is 53.6 Å². The molecule has 2 aromatic carbocycles. The van der Waals surface area contributed by atoms with Crippen LogP contribution in [0.25, 0.3) is 0 Å². The molecule has 0 aliphatic carbocycles. The number of rotatable bonds is 3. The highest BCUT2D eigenvalue weighted by atomic mass is 16.5. The molecule has 0 spiro atoms. The average molecular weight is 317 g/mol. The van der Waals surface area contributed by atoms with Crippen LogP contribution in [0.2, 0.25) is 0 Å². The summed E-state index contributed by atoms with van der Waals surface area (Å²) < 4.78 is 5.35. The second kappa shape index (κ2) is 7.36. The van der Waals surface area contributed by atoms with Crippen molar-refractivity contribution < 1.29 is 4.74 Å². The molecule has 1 saturated heterocycles. The van der Waals surface area contributed by atoms with E-state index in [-0.39, 0.29) is 0 Å². The van der Waals surface area contributed by atoms with E-state index in [1.54, 1.807) is 18.2 Å². The number of nitriles is 2. The normalized spacial score (nSPS) is 14.3. The molecular formula is C18H15N5O. The SMILES string of the molecule is N#Cc1cccc(C#N)c1/N=N/c1ccc(N2CCOCC2)cc1. The molecule has 1 heterocycles. The Kier molecular flexibility index (Phi) is 4.81. The zero-order chi connectivity index (χ0) is 16.8. The van der Waals surface area contributed by atoms with Crippen LogP contribution in [0.3, 0.4) is 0 Å². The quantitative estimate of drug-likeness (QED) is 0.808. The lowest BCUT2D eigenvalue weighted by Gasteiger charge is -2.28. The van der Waals surface area contributed by atoms with E-state index in [0.717, 1.165) is 32.0 Å². The summed E-state index contributed by atoms with van der Waals surface area (Å²) in [5.41, 5.74) is 2.77. The Labute approximate surface area is 140 Å². The number of hydrogen-bond donors (Lipinski definition) is 0. The summed E-state index contributed by atoms with van der Waals surface area (Å²) in [7, 11) is 0. The van der Waals surface area contributed by atoms with Crippen molar-refractivity contribution in [2.75, 3.05) is 31.2 Å². The van der Waals surface area contributed by atoms with Gasteiger partial charge >= 0.3 is 0 Å². The van der Waals surface area contributed by atoms with E-state index in [4.69, 9.17) is 15.3 Å². The first-order valence-electron chi connectivity index (χ1n) is 7.59. The van der Waals surface area contributed by atoms with Crippen molar-refractivity contribution in [1.82, 2.24) is 0 Å². The van der Waals surface area contributed by atoms with Crippen molar-refractivity contribution in [2.45, 2.75) is 0 Å². The highest BCUT2D eigenvalue weighted by Gasteiger charge is 2.11. The van der Waals surface area contributed by atoms with Gasteiger partial charge in [0.25, 0.3) is 0 Å². The van der Waals surface area contributed by atoms with E-state index < -0.39 is 0 Å². The van der Waals surface area contributed by atoms with Crippen LogP contribution in [-0.2, 0) is 4.74 Å². The minimum atomic E-state index is 0.305. The fourth-order valence-electron chi connectivity index (χ4n) is 2.49. The average Bonchev–Trinajstić information content (AvgIpc) is 2.67. The van der Waals surface area contributed by atoms with E-state index in [2.05, 4.69) is 15.1 Å². The van der Waals surface area contributed by atoms with Crippen LogP contribution in [-0.4, -0.2) is 26.3 Å². The number of anilines is 1. The number of hydrogen-bond acceptors (Lipinski definition) is 6. The first-order valence-corrected chi connectivity index (χ1v) is 7.59. The zero-order valence-electron chi connectivity index (χ0n) is 13.0. The minimum Gasteiger partial charge on any atom is -0.378 e. The van der Waals surface area contributed by atoms with Gasteiger partial charge in [0, 0.05) is 18.8 Å². The lowest BCUT2D eigenvalue weighted by Crippen LogP contribution is -2.36. The summed E-state index contributed by atoms with van der Waals surface area (Å²) in [6.07, 6.45) is 0. The predicted molar refractivity (Wildman–Crippen MR) is 89.5 cm³/mol. The van der Waals surface area contributed by atoms with Gasteiger partial charge in [-0.1, -0.05) is 6.07 Å². The molecule has 0 radical (unpaired) electrons. The van der Waals surface area contributed by atoms with Crippen molar-refractivity contribution in [2.24, 2.45) is 10.2 Å². The van der Waals surface area contributed by atoms with Crippen molar-refractivity contribution in [3.63, 3.8) is 0 Å². The van der Waals surface area contributed by atoms with Crippen molar-refractivity contribution in [3.8, 4) is 12.1 Å². The molecule has 0 unspecified atom stereocenters.